The number of likely N-dealkylation sites (N-methyl/N-ethyl adjacent to an activating group) is 1. The summed E-state index contributed by atoms with van der Waals surface area (Å²) in [5.74, 6) is 0. The Morgan fingerprint density at radius 2 is 1.70 bits per heavy atom. The van der Waals surface area contributed by atoms with Gasteiger partial charge in [-0.3, -0.25) is 4.90 Å². The van der Waals surface area contributed by atoms with Crippen LogP contribution < -0.4 is 5.73 Å². The quantitative estimate of drug-likeness (QED) is 0.742. The Morgan fingerprint density at radius 1 is 1.10 bits per heavy atom. The summed E-state index contributed by atoms with van der Waals surface area (Å²) in [5.41, 5.74) is 8.08. The number of hydrogen-bond acceptors (Lipinski definition) is 2. The minimum Gasteiger partial charge on any atom is -0.326 e. The molecule has 1 aromatic rings. The zero-order valence-corrected chi connectivity index (χ0v) is 13.7. The van der Waals surface area contributed by atoms with E-state index in [-0.39, 0.29) is 11.6 Å². The van der Waals surface area contributed by atoms with Crippen LogP contribution in [-0.4, -0.2) is 29.6 Å². The van der Waals surface area contributed by atoms with E-state index in [2.05, 4.69) is 62.9 Å². The third-order valence-corrected chi connectivity index (χ3v) is 4.82. The minimum atomic E-state index is 0.125. The molecule has 114 valence electrons. The molecular formula is C18H32N2. The largest absolute Gasteiger partial charge is 0.326 e. The van der Waals surface area contributed by atoms with Crippen molar-refractivity contribution in [1.82, 2.24) is 4.90 Å². The molecule has 0 aliphatic carbocycles. The maximum absolute atomic E-state index is 6.54. The SMILES string of the molecule is CCN(CC)C(C)(CC)C(N)CCCc1ccccc1. The Bertz CT molecular complexity index is 359. The molecule has 1 rings (SSSR count). The van der Waals surface area contributed by atoms with Crippen molar-refractivity contribution in [2.24, 2.45) is 5.73 Å². The van der Waals surface area contributed by atoms with Crippen LogP contribution in [0.25, 0.3) is 0 Å². The molecule has 20 heavy (non-hydrogen) atoms. The van der Waals surface area contributed by atoms with Crippen molar-refractivity contribution in [3.8, 4) is 0 Å². The minimum absolute atomic E-state index is 0.125. The average molecular weight is 276 g/mol. The summed E-state index contributed by atoms with van der Waals surface area (Å²) in [6.07, 6.45) is 4.51. The van der Waals surface area contributed by atoms with Crippen LogP contribution in [0, 0.1) is 0 Å². The molecule has 2 N–H and O–H groups in total. The molecule has 0 saturated carbocycles. The molecule has 0 aliphatic heterocycles. The highest BCUT2D eigenvalue weighted by molar-refractivity contribution is 5.14. The van der Waals surface area contributed by atoms with E-state index in [1.54, 1.807) is 0 Å². The van der Waals surface area contributed by atoms with E-state index in [4.69, 9.17) is 5.73 Å². The first kappa shape index (κ1) is 17.2. The Labute approximate surface area is 125 Å². The smallest absolute Gasteiger partial charge is 0.0329 e. The molecule has 0 bridgehead atoms. The summed E-state index contributed by atoms with van der Waals surface area (Å²) in [6.45, 7) is 11.2. The number of rotatable bonds is 9. The van der Waals surface area contributed by atoms with Gasteiger partial charge in [0.1, 0.15) is 0 Å². The lowest BCUT2D eigenvalue weighted by Gasteiger charge is -2.44. The average Bonchev–Trinajstić information content (AvgIpc) is 2.49. The molecule has 2 atom stereocenters. The van der Waals surface area contributed by atoms with E-state index in [0.29, 0.717) is 0 Å². The van der Waals surface area contributed by atoms with Gasteiger partial charge in [-0.05, 0) is 51.3 Å². The van der Waals surface area contributed by atoms with E-state index in [1.807, 2.05) is 0 Å². The van der Waals surface area contributed by atoms with Crippen LogP contribution in [0.2, 0.25) is 0 Å². The van der Waals surface area contributed by atoms with Crippen molar-refractivity contribution in [3.63, 3.8) is 0 Å². The third kappa shape index (κ3) is 4.32. The third-order valence-electron chi connectivity index (χ3n) is 4.82. The Morgan fingerprint density at radius 3 is 2.20 bits per heavy atom. The molecular weight excluding hydrogens is 244 g/mol. The van der Waals surface area contributed by atoms with Gasteiger partial charge in [0.15, 0.2) is 0 Å². The van der Waals surface area contributed by atoms with Gasteiger partial charge in [0, 0.05) is 11.6 Å². The van der Waals surface area contributed by atoms with Crippen LogP contribution in [0.5, 0.6) is 0 Å². The Hall–Kier alpha value is -0.860. The molecule has 1 aromatic carbocycles. The molecule has 0 aliphatic rings. The van der Waals surface area contributed by atoms with E-state index < -0.39 is 0 Å². The number of hydrogen-bond donors (Lipinski definition) is 1. The summed E-state index contributed by atoms with van der Waals surface area (Å²) in [4.78, 5) is 2.51. The van der Waals surface area contributed by atoms with Gasteiger partial charge in [-0.15, -0.1) is 0 Å². The Balaban J connectivity index is 2.53. The normalized spacial score (nSPS) is 16.1. The molecule has 2 unspecified atom stereocenters. The molecule has 2 nitrogen and oxygen atoms in total. The molecule has 0 saturated heterocycles. The molecule has 0 radical (unpaired) electrons. The zero-order valence-electron chi connectivity index (χ0n) is 13.7. The highest BCUT2D eigenvalue weighted by Crippen LogP contribution is 2.25. The zero-order chi connectivity index (χ0) is 15.0. The van der Waals surface area contributed by atoms with Crippen molar-refractivity contribution < 1.29 is 0 Å². The lowest BCUT2D eigenvalue weighted by Crippen LogP contribution is -2.57. The second-order valence-electron chi connectivity index (χ2n) is 5.87. The fraction of sp³-hybridized carbons (Fsp3) is 0.667. The number of aryl methyl sites for hydroxylation is 1. The highest BCUT2D eigenvalue weighted by atomic mass is 15.2. The van der Waals surface area contributed by atoms with Crippen molar-refractivity contribution >= 4 is 0 Å². The van der Waals surface area contributed by atoms with Crippen molar-refractivity contribution in [2.45, 2.75) is 65.0 Å². The molecule has 0 spiro atoms. The van der Waals surface area contributed by atoms with Gasteiger partial charge >= 0.3 is 0 Å². The predicted molar refractivity (Wildman–Crippen MR) is 89.0 cm³/mol. The fourth-order valence-corrected chi connectivity index (χ4v) is 3.15. The highest BCUT2D eigenvalue weighted by Gasteiger charge is 2.34. The van der Waals surface area contributed by atoms with E-state index >= 15 is 0 Å². The number of benzene rings is 1. The summed E-state index contributed by atoms with van der Waals surface area (Å²) in [5, 5.41) is 0. The van der Waals surface area contributed by atoms with E-state index in [9.17, 15) is 0 Å². The van der Waals surface area contributed by atoms with Gasteiger partial charge in [-0.25, -0.2) is 0 Å². The summed E-state index contributed by atoms with van der Waals surface area (Å²) >= 11 is 0. The molecule has 0 fully saturated rings. The van der Waals surface area contributed by atoms with Crippen LogP contribution in [0.15, 0.2) is 30.3 Å². The van der Waals surface area contributed by atoms with Crippen LogP contribution in [0.3, 0.4) is 0 Å². The van der Waals surface area contributed by atoms with Crippen LogP contribution in [0.1, 0.15) is 52.5 Å². The van der Waals surface area contributed by atoms with Gasteiger partial charge in [-0.2, -0.15) is 0 Å². The van der Waals surface area contributed by atoms with Crippen LogP contribution in [0.4, 0.5) is 0 Å². The lowest BCUT2D eigenvalue weighted by molar-refractivity contribution is 0.0807. The maximum Gasteiger partial charge on any atom is 0.0329 e. The van der Waals surface area contributed by atoms with Gasteiger partial charge in [0.25, 0.3) is 0 Å². The summed E-state index contributed by atoms with van der Waals surface area (Å²) in [6, 6.07) is 11.0. The fourth-order valence-electron chi connectivity index (χ4n) is 3.15. The van der Waals surface area contributed by atoms with Crippen LogP contribution >= 0.6 is 0 Å². The maximum atomic E-state index is 6.54. The monoisotopic (exact) mass is 276 g/mol. The van der Waals surface area contributed by atoms with E-state index in [1.165, 1.54) is 12.0 Å². The van der Waals surface area contributed by atoms with Gasteiger partial charge in [0.2, 0.25) is 0 Å². The van der Waals surface area contributed by atoms with Gasteiger partial charge in [-0.1, -0.05) is 51.1 Å². The van der Waals surface area contributed by atoms with Crippen molar-refractivity contribution in [1.29, 1.82) is 0 Å². The molecule has 2 heteroatoms. The first-order valence-corrected chi connectivity index (χ1v) is 8.13. The standard InChI is InChI=1S/C18H32N2/c1-5-18(4,20(6-2)7-3)17(19)15-11-14-16-12-9-8-10-13-16/h8-10,12-13,17H,5-7,11,14-15,19H2,1-4H3. The Kier molecular flexibility index (Phi) is 7.25. The number of nitrogens with two attached hydrogens (primary N) is 1. The lowest BCUT2D eigenvalue weighted by atomic mass is 9.84. The van der Waals surface area contributed by atoms with Crippen molar-refractivity contribution in [3.05, 3.63) is 35.9 Å². The number of nitrogens with zero attached hydrogens (tertiary/aromatic N) is 1. The van der Waals surface area contributed by atoms with Gasteiger partial charge in [0.05, 0.1) is 0 Å². The first-order valence-electron chi connectivity index (χ1n) is 8.13. The second kappa shape index (κ2) is 8.43. The topological polar surface area (TPSA) is 29.3 Å². The van der Waals surface area contributed by atoms with Crippen LogP contribution in [-0.2, 0) is 6.42 Å². The summed E-state index contributed by atoms with van der Waals surface area (Å²) in [7, 11) is 0. The molecule has 0 aromatic heterocycles. The molecule has 0 amide bonds. The van der Waals surface area contributed by atoms with E-state index in [0.717, 1.165) is 32.4 Å². The second-order valence-corrected chi connectivity index (χ2v) is 5.87. The molecule has 0 heterocycles. The predicted octanol–water partition coefficient (Wildman–Crippen LogP) is 3.85. The first-order chi connectivity index (χ1) is 9.58. The van der Waals surface area contributed by atoms with Crippen molar-refractivity contribution in [2.75, 3.05) is 13.1 Å². The summed E-state index contributed by atoms with van der Waals surface area (Å²) < 4.78 is 0. The van der Waals surface area contributed by atoms with Gasteiger partial charge < -0.3 is 5.73 Å².